The van der Waals surface area contributed by atoms with Crippen LogP contribution in [0.25, 0.3) is 0 Å². The number of carbonyl (C=O) groups is 1. The third kappa shape index (κ3) is 3.34. The van der Waals surface area contributed by atoms with Gasteiger partial charge in [0, 0.05) is 17.8 Å². The molecular formula is C17H25ClN2O. The zero-order chi connectivity index (χ0) is 14.1. The first-order valence-corrected chi connectivity index (χ1v) is 7.80. The monoisotopic (exact) mass is 308 g/mol. The standard InChI is InChI=1S/C17H24N2O.ClH/c1-12-10-14-4-2-3-5-16(14)19(12)17(20)11-13-6-8-15(18)9-7-13;/h6-9,12,14,16H,2-5,10-11,18H2,1H3;1H. The Labute approximate surface area is 133 Å². The molecule has 1 aromatic carbocycles. The molecule has 0 spiro atoms. The minimum absolute atomic E-state index is 0. The van der Waals surface area contributed by atoms with E-state index in [1.54, 1.807) is 0 Å². The van der Waals surface area contributed by atoms with E-state index in [1.807, 2.05) is 24.3 Å². The van der Waals surface area contributed by atoms with E-state index < -0.39 is 0 Å². The Balaban J connectivity index is 0.00000161. The minimum Gasteiger partial charge on any atom is -0.399 e. The highest BCUT2D eigenvalue weighted by molar-refractivity contribution is 5.85. The van der Waals surface area contributed by atoms with Gasteiger partial charge in [-0.05, 0) is 49.8 Å². The van der Waals surface area contributed by atoms with Crippen molar-refractivity contribution in [3.63, 3.8) is 0 Å². The molecule has 21 heavy (non-hydrogen) atoms. The van der Waals surface area contributed by atoms with Gasteiger partial charge in [0.15, 0.2) is 0 Å². The molecule has 3 nitrogen and oxygen atoms in total. The smallest absolute Gasteiger partial charge is 0.227 e. The number of nitrogens with two attached hydrogens (primary N) is 1. The van der Waals surface area contributed by atoms with Crippen LogP contribution in [0.15, 0.2) is 24.3 Å². The van der Waals surface area contributed by atoms with Crippen molar-refractivity contribution < 1.29 is 4.79 Å². The molecule has 1 aromatic rings. The first kappa shape index (κ1) is 16.2. The van der Waals surface area contributed by atoms with Crippen molar-refractivity contribution in [1.29, 1.82) is 0 Å². The van der Waals surface area contributed by atoms with Crippen LogP contribution in [0.4, 0.5) is 5.69 Å². The van der Waals surface area contributed by atoms with Gasteiger partial charge in [-0.25, -0.2) is 0 Å². The van der Waals surface area contributed by atoms with Gasteiger partial charge in [-0.15, -0.1) is 12.4 Å². The van der Waals surface area contributed by atoms with Crippen LogP contribution in [0.5, 0.6) is 0 Å². The lowest BCUT2D eigenvalue weighted by Gasteiger charge is -2.33. The molecule has 2 N–H and O–H groups in total. The molecule has 1 saturated carbocycles. The second-order valence-corrected chi connectivity index (χ2v) is 6.42. The Hall–Kier alpha value is -1.22. The topological polar surface area (TPSA) is 46.3 Å². The first-order valence-electron chi connectivity index (χ1n) is 7.80. The third-order valence-electron chi connectivity index (χ3n) is 4.97. The number of fused-ring (bicyclic) bond motifs is 1. The van der Waals surface area contributed by atoms with Crippen LogP contribution in [-0.4, -0.2) is 22.9 Å². The number of anilines is 1. The van der Waals surface area contributed by atoms with Crippen molar-refractivity contribution in [2.45, 2.75) is 57.5 Å². The molecule has 1 aliphatic carbocycles. The van der Waals surface area contributed by atoms with E-state index in [4.69, 9.17) is 5.73 Å². The molecule has 1 aliphatic heterocycles. The van der Waals surface area contributed by atoms with Crippen LogP contribution in [0.3, 0.4) is 0 Å². The highest BCUT2D eigenvalue weighted by Crippen LogP contribution is 2.39. The fraction of sp³-hybridized carbons (Fsp3) is 0.588. The van der Waals surface area contributed by atoms with Crippen molar-refractivity contribution in [2.75, 3.05) is 5.73 Å². The Morgan fingerprint density at radius 3 is 2.62 bits per heavy atom. The van der Waals surface area contributed by atoms with Gasteiger partial charge in [-0.2, -0.15) is 0 Å². The van der Waals surface area contributed by atoms with Gasteiger partial charge in [-0.1, -0.05) is 25.0 Å². The predicted molar refractivity (Wildman–Crippen MR) is 88.5 cm³/mol. The van der Waals surface area contributed by atoms with E-state index in [9.17, 15) is 4.79 Å². The van der Waals surface area contributed by atoms with Crippen molar-refractivity contribution in [3.05, 3.63) is 29.8 Å². The Bertz CT molecular complexity index is 488. The summed E-state index contributed by atoms with van der Waals surface area (Å²) in [5.41, 5.74) is 7.51. The van der Waals surface area contributed by atoms with Gasteiger partial charge in [0.1, 0.15) is 0 Å². The SMILES string of the molecule is CC1CC2CCCCC2N1C(=O)Cc1ccc(N)cc1.Cl. The van der Waals surface area contributed by atoms with Crippen LogP contribution in [-0.2, 0) is 11.2 Å². The largest absolute Gasteiger partial charge is 0.399 e. The summed E-state index contributed by atoms with van der Waals surface area (Å²) in [5, 5.41) is 0. The lowest BCUT2D eigenvalue weighted by atomic mass is 9.85. The Kier molecular flexibility index (Phi) is 5.15. The van der Waals surface area contributed by atoms with Crippen LogP contribution < -0.4 is 5.73 Å². The molecule has 1 heterocycles. The molecule has 3 atom stereocenters. The summed E-state index contributed by atoms with van der Waals surface area (Å²) in [7, 11) is 0. The number of rotatable bonds is 2. The van der Waals surface area contributed by atoms with Crippen LogP contribution in [0.2, 0.25) is 0 Å². The van der Waals surface area contributed by atoms with Gasteiger partial charge in [-0.3, -0.25) is 4.79 Å². The van der Waals surface area contributed by atoms with Gasteiger partial charge in [0.2, 0.25) is 5.91 Å². The third-order valence-corrected chi connectivity index (χ3v) is 4.97. The lowest BCUT2D eigenvalue weighted by molar-refractivity contribution is -0.133. The molecule has 2 fully saturated rings. The molecule has 1 saturated heterocycles. The predicted octanol–water partition coefficient (Wildman–Crippen LogP) is 3.41. The number of likely N-dealkylation sites (tertiary alicyclic amines) is 1. The van der Waals surface area contributed by atoms with E-state index in [1.165, 1.54) is 32.1 Å². The van der Waals surface area contributed by atoms with Crippen LogP contribution >= 0.6 is 12.4 Å². The van der Waals surface area contributed by atoms with Crippen LogP contribution in [0, 0.1) is 5.92 Å². The summed E-state index contributed by atoms with van der Waals surface area (Å²) in [6, 6.07) is 8.58. The summed E-state index contributed by atoms with van der Waals surface area (Å²) in [6.45, 7) is 2.21. The van der Waals surface area contributed by atoms with Gasteiger partial charge >= 0.3 is 0 Å². The zero-order valence-electron chi connectivity index (χ0n) is 12.6. The van der Waals surface area contributed by atoms with Gasteiger partial charge < -0.3 is 10.6 Å². The summed E-state index contributed by atoms with van der Waals surface area (Å²) in [4.78, 5) is 14.8. The molecule has 1 amide bonds. The maximum absolute atomic E-state index is 12.7. The Morgan fingerprint density at radius 2 is 1.90 bits per heavy atom. The van der Waals surface area contributed by atoms with E-state index in [-0.39, 0.29) is 18.3 Å². The number of nitrogens with zero attached hydrogens (tertiary/aromatic N) is 1. The van der Waals surface area contributed by atoms with E-state index in [2.05, 4.69) is 11.8 Å². The number of benzene rings is 1. The highest BCUT2D eigenvalue weighted by atomic mass is 35.5. The number of halogens is 1. The quantitative estimate of drug-likeness (QED) is 0.851. The molecule has 3 rings (SSSR count). The van der Waals surface area contributed by atoms with E-state index in [0.717, 1.165) is 17.2 Å². The molecule has 116 valence electrons. The summed E-state index contributed by atoms with van der Waals surface area (Å²) < 4.78 is 0. The second-order valence-electron chi connectivity index (χ2n) is 6.42. The number of carbonyl (C=O) groups excluding carboxylic acids is 1. The maximum Gasteiger partial charge on any atom is 0.227 e. The number of nitrogen functional groups attached to an aromatic ring is 1. The molecule has 3 unspecified atom stereocenters. The van der Waals surface area contributed by atoms with Gasteiger partial charge in [0.05, 0.1) is 6.42 Å². The van der Waals surface area contributed by atoms with Gasteiger partial charge in [0.25, 0.3) is 0 Å². The van der Waals surface area contributed by atoms with Crippen LogP contribution in [0.1, 0.15) is 44.6 Å². The number of amides is 1. The highest BCUT2D eigenvalue weighted by Gasteiger charge is 2.42. The molecule has 2 aliphatic rings. The fourth-order valence-electron chi connectivity index (χ4n) is 4.04. The Morgan fingerprint density at radius 1 is 1.24 bits per heavy atom. The molecule has 0 aromatic heterocycles. The molecular weight excluding hydrogens is 284 g/mol. The second kappa shape index (κ2) is 6.69. The summed E-state index contributed by atoms with van der Waals surface area (Å²) in [6.07, 6.45) is 6.82. The average Bonchev–Trinajstić information content (AvgIpc) is 2.77. The minimum atomic E-state index is 0. The van der Waals surface area contributed by atoms with Crippen molar-refractivity contribution in [2.24, 2.45) is 5.92 Å². The maximum atomic E-state index is 12.7. The molecule has 4 heteroatoms. The number of hydrogen-bond acceptors (Lipinski definition) is 2. The zero-order valence-corrected chi connectivity index (χ0v) is 13.4. The molecule has 0 radical (unpaired) electrons. The van der Waals surface area contributed by atoms with Crippen molar-refractivity contribution >= 4 is 24.0 Å². The first-order chi connectivity index (χ1) is 9.65. The van der Waals surface area contributed by atoms with E-state index in [0.29, 0.717) is 18.5 Å². The number of hydrogen-bond donors (Lipinski definition) is 1. The molecule has 0 bridgehead atoms. The average molecular weight is 309 g/mol. The summed E-state index contributed by atoms with van der Waals surface area (Å²) in [5.74, 6) is 1.03. The van der Waals surface area contributed by atoms with Crippen molar-refractivity contribution in [3.8, 4) is 0 Å². The fourth-order valence-corrected chi connectivity index (χ4v) is 4.04. The van der Waals surface area contributed by atoms with E-state index >= 15 is 0 Å². The lowest BCUT2D eigenvalue weighted by Crippen LogP contribution is -2.43. The van der Waals surface area contributed by atoms with Crippen molar-refractivity contribution in [1.82, 2.24) is 4.90 Å². The normalized spacial score (nSPS) is 27.9. The summed E-state index contributed by atoms with van der Waals surface area (Å²) >= 11 is 0.